The van der Waals surface area contributed by atoms with E-state index in [1.807, 2.05) is 23.1 Å². The summed E-state index contributed by atoms with van der Waals surface area (Å²) in [4.78, 5) is 3.19. The van der Waals surface area contributed by atoms with E-state index in [0.29, 0.717) is 0 Å². The standard InChI is InChI=1S/C14H16N4/c1-2-18-13(6-8-17-18)10-16-12-3-4-14-11(9-12)5-7-15-14/h3-9,15-16H,2,10H2,1H3. The second kappa shape index (κ2) is 4.56. The first-order valence-electron chi connectivity index (χ1n) is 6.18. The van der Waals surface area contributed by atoms with Crippen LogP contribution in [0.3, 0.4) is 0 Å². The molecule has 2 heterocycles. The number of rotatable bonds is 4. The Balaban J connectivity index is 1.76. The number of hydrogen-bond acceptors (Lipinski definition) is 2. The van der Waals surface area contributed by atoms with E-state index in [-0.39, 0.29) is 0 Å². The average molecular weight is 240 g/mol. The summed E-state index contributed by atoms with van der Waals surface area (Å²) in [6.45, 7) is 3.80. The number of benzene rings is 1. The molecule has 0 saturated carbocycles. The fourth-order valence-electron chi connectivity index (χ4n) is 2.15. The number of fused-ring (bicyclic) bond motifs is 1. The summed E-state index contributed by atoms with van der Waals surface area (Å²) >= 11 is 0. The lowest BCUT2D eigenvalue weighted by Gasteiger charge is -2.08. The largest absolute Gasteiger partial charge is 0.379 e. The van der Waals surface area contributed by atoms with Gasteiger partial charge in [-0.15, -0.1) is 0 Å². The van der Waals surface area contributed by atoms with Gasteiger partial charge < -0.3 is 10.3 Å². The Morgan fingerprint density at radius 1 is 1.28 bits per heavy atom. The molecule has 4 nitrogen and oxygen atoms in total. The maximum absolute atomic E-state index is 4.26. The van der Waals surface area contributed by atoms with E-state index in [0.717, 1.165) is 18.8 Å². The summed E-state index contributed by atoms with van der Waals surface area (Å²) in [6.07, 6.45) is 3.80. The molecule has 0 unspecified atom stereocenters. The zero-order valence-electron chi connectivity index (χ0n) is 10.4. The van der Waals surface area contributed by atoms with E-state index in [4.69, 9.17) is 0 Å². The van der Waals surface area contributed by atoms with Crippen molar-refractivity contribution in [1.82, 2.24) is 14.8 Å². The lowest BCUT2D eigenvalue weighted by molar-refractivity contribution is 0.627. The van der Waals surface area contributed by atoms with Crippen molar-refractivity contribution in [2.24, 2.45) is 0 Å². The average Bonchev–Trinajstić information content (AvgIpc) is 3.04. The smallest absolute Gasteiger partial charge is 0.0575 e. The Kier molecular flexibility index (Phi) is 2.76. The van der Waals surface area contributed by atoms with Crippen LogP contribution >= 0.6 is 0 Å². The highest BCUT2D eigenvalue weighted by Crippen LogP contribution is 2.18. The van der Waals surface area contributed by atoms with E-state index in [1.54, 1.807) is 0 Å². The summed E-state index contributed by atoms with van der Waals surface area (Å²) in [5.74, 6) is 0. The molecule has 0 aliphatic carbocycles. The van der Waals surface area contributed by atoms with Crippen molar-refractivity contribution in [3.05, 3.63) is 48.4 Å². The zero-order chi connectivity index (χ0) is 12.4. The van der Waals surface area contributed by atoms with Crippen LogP contribution in [0, 0.1) is 0 Å². The minimum Gasteiger partial charge on any atom is -0.379 e. The van der Waals surface area contributed by atoms with E-state index in [2.05, 4.69) is 46.6 Å². The lowest BCUT2D eigenvalue weighted by atomic mass is 10.2. The SMILES string of the molecule is CCn1nccc1CNc1ccc2[nH]ccc2c1. The second-order valence-electron chi connectivity index (χ2n) is 4.27. The number of aromatic nitrogens is 3. The highest BCUT2D eigenvalue weighted by molar-refractivity contribution is 5.82. The molecule has 4 heteroatoms. The Morgan fingerprint density at radius 2 is 2.22 bits per heavy atom. The molecule has 0 saturated heterocycles. The maximum Gasteiger partial charge on any atom is 0.0575 e. The Labute approximate surface area is 106 Å². The first kappa shape index (κ1) is 10.9. The zero-order valence-corrected chi connectivity index (χ0v) is 10.4. The fraction of sp³-hybridized carbons (Fsp3) is 0.214. The highest BCUT2D eigenvalue weighted by atomic mass is 15.3. The van der Waals surface area contributed by atoms with Gasteiger partial charge in [0.2, 0.25) is 0 Å². The van der Waals surface area contributed by atoms with Crippen molar-refractivity contribution < 1.29 is 0 Å². The number of nitrogens with one attached hydrogen (secondary N) is 2. The first-order chi connectivity index (χ1) is 8.86. The summed E-state index contributed by atoms with van der Waals surface area (Å²) in [6, 6.07) is 10.5. The van der Waals surface area contributed by atoms with Gasteiger partial charge in [0.25, 0.3) is 0 Å². The summed E-state index contributed by atoms with van der Waals surface area (Å²) in [5.41, 5.74) is 3.50. The van der Waals surface area contributed by atoms with Gasteiger partial charge in [-0.25, -0.2) is 0 Å². The van der Waals surface area contributed by atoms with Crippen LogP contribution in [-0.2, 0) is 13.1 Å². The molecule has 0 radical (unpaired) electrons. The van der Waals surface area contributed by atoms with Crippen LogP contribution in [-0.4, -0.2) is 14.8 Å². The third-order valence-corrected chi connectivity index (χ3v) is 3.13. The number of anilines is 1. The van der Waals surface area contributed by atoms with Gasteiger partial charge in [0, 0.05) is 35.5 Å². The highest BCUT2D eigenvalue weighted by Gasteiger charge is 2.01. The van der Waals surface area contributed by atoms with Crippen LogP contribution < -0.4 is 5.32 Å². The van der Waals surface area contributed by atoms with Gasteiger partial charge in [-0.3, -0.25) is 4.68 Å². The molecule has 3 rings (SSSR count). The quantitative estimate of drug-likeness (QED) is 0.736. The molecule has 0 aliphatic heterocycles. The molecular weight excluding hydrogens is 224 g/mol. The van der Waals surface area contributed by atoms with E-state index in [9.17, 15) is 0 Å². The van der Waals surface area contributed by atoms with Crippen LogP contribution in [0.1, 0.15) is 12.6 Å². The predicted molar refractivity (Wildman–Crippen MR) is 73.5 cm³/mol. The normalized spacial score (nSPS) is 10.9. The van der Waals surface area contributed by atoms with Crippen LogP contribution in [0.5, 0.6) is 0 Å². The first-order valence-corrected chi connectivity index (χ1v) is 6.18. The minimum atomic E-state index is 0.795. The summed E-state index contributed by atoms with van der Waals surface area (Å²) in [5, 5.41) is 8.92. The van der Waals surface area contributed by atoms with Crippen molar-refractivity contribution in [2.45, 2.75) is 20.0 Å². The van der Waals surface area contributed by atoms with Crippen molar-refractivity contribution in [2.75, 3.05) is 5.32 Å². The molecule has 0 spiro atoms. The third-order valence-electron chi connectivity index (χ3n) is 3.13. The van der Waals surface area contributed by atoms with Gasteiger partial charge in [-0.05, 0) is 37.3 Å². The van der Waals surface area contributed by atoms with Gasteiger partial charge >= 0.3 is 0 Å². The molecule has 92 valence electrons. The number of nitrogens with zero attached hydrogens (tertiary/aromatic N) is 2. The van der Waals surface area contributed by atoms with Gasteiger partial charge in [0.15, 0.2) is 0 Å². The molecule has 18 heavy (non-hydrogen) atoms. The third kappa shape index (κ3) is 1.97. The molecule has 0 bridgehead atoms. The summed E-state index contributed by atoms with van der Waals surface area (Å²) < 4.78 is 2.00. The van der Waals surface area contributed by atoms with Gasteiger partial charge in [-0.1, -0.05) is 0 Å². The van der Waals surface area contributed by atoms with Crippen molar-refractivity contribution in [3.8, 4) is 0 Å². The molecule has 0 fully saturated rings. The number of hydrogen-bond donors (Lipinski definition) is 2. The lowest BCUT2D eigenvalue weighted by Crippen LogP contribution is -2.07. The molecule has 1 aromatic carbocycles. The Hall–Kier alpha value is -2.23. The molecular formula is C14H16N4. The van der Waals surface area contributed by atoms with Crippen molar-refractivity contribution >= 4 is 16.6 Å². The van der Waals surface area contributed by atoms with Gasteiger partial charge in [0.1, 0.15) is 0 Å². The molecule has 3 aromatic rings. The van der Waals surface area contributed by atoms with Crippen molar-refractivity contribution in [3.63, 3.8) is 0 Å². The summed E-state index contributed by atoms with van der Waals surface area (Å²) in [7, 11) is 0. The van der Waals surface area contributed by atoms with Crippen LogP contribution in [0.2, 0.25) is 0 Å². The van der Waals surface area contributed by atoms with Crippen molar-refractivity contribution in [1.29, 1.82) is 0 Å². The Morgan fingerprint density at radius 3 is 3.11 bits per heavy atom. The van der Waals surface area contributed by atoms with Crippen LogP contribution in [0.25, 0.3) is 10.9 Å². The number of aromatic amines is 1. The molecule has 0 atom stereocenters. The van der Waals surface area contributed by atoms with Gasteiger partial charge in [-0.2, -0.15) is 5.10 Å². The monoisotopic (exact) mass is 240 g/mol. The van der Waals surface area contributed by atoms with E-state index >= 15 is 0 Å². The molecule has 2 N–H and O–H groups in total. The van der Waals surface area contributed by atoms with Gasteiger partial charge in [0.05, 0.1) is 12.2 Å². The van der Waals surface area contributed by atoms with E-state index < -0.39 is 0 Å². The number of aryl methyl sites for hydroxylation is 1. The molecule has 0 aliphatic rings. The fourth-order valence-corrected chi connectivity index (χ4v) is 2.15. The predicted octanol–water partition coefficient (Wildman–Crippen LogP) is 3.00. The van der Waals surface area contributed by atoms with Crippen LogP contribution in [0.15, 0.2) is 42.7 Å². The van der Waals surface area contributed by atoms with E-state index in [1.165, 1.54) is 16.6 Å². The second-order valence-corrected chi connectivity index (χ2v) is 4.27. The number of H-pyrrole nitrogens is 1. The van der Waals surface area contributed by atoms with Crippen LogP contribution in [0.4, 0.5) is 5.69 Å². The molecule has 2 aromatic heterocycles. The Bertz CT molecular complexity index is 650. The molecule has 0 amide bonds. The topological polar surface area (TPSA) is 45.6 Å². The maximum atomic E-state index is 4.26. The minimum absolute atomic E-state index is 0.795.